The summed E-state index contributed by atoms with van der Waals surface area (Å²) in [4.78, 5) is 27.6. The Hall–Kier alpha value is -4.18. The van der Waals surface area contributed by atoms with E-state index in [-0.39, 0.29) is 11.8 Å². The van der Waals surface area contributed by atoms with Gasteiger partial charge in [-0.1, -0.05) is 90.5 Å². The molecular weight excluding hydrogens is 432 g/mol. The minimum Gasteiger partial charge on any atom is -0.355 e. The number of carbonyl (C=O) groups is 2. The van der Waals surface area contributed by atoms with Gasteiger partial charge in [-0.2, -0.15) is 0 Å². The van der Waals surface area contributed by atoms with Gasteiger partial charge in [-0.15, -0.1) is 0 Å². The van der Waals surface area contributed by atoms with Crippen molar-refractivity contribution >= 4 is 17.5 Å². The molecule has 0 heterocycles. The fourth-order valence-electron chi connectivity index (χ4n) is 3.93. The Morgan fingerprint density at radius 2 is 1.29 bits per heavy atom. The number of rotatable bonds is 9. The first-order valence-electron chi connectivity index (χ1n) is 11.9. The van der Waals surface area contributed by atoms with Crippen molar-refractivity contribution < 1.29 is 9.59 Å². The Bertz CT molecular complexity index is 1230. The molecule has 4 rings (SSSR count). The van der Waals surface area contributed by atoms with Gasteiger partial charge in [0, 0.05) is 17.8 Å². The Morgan fingerprint density at radius 3 is 1.94 bits per heavy atom. The van der Waals surface area contributed by atoms with E-state index in [1.807, 2.05) is 79.7 Å². The van der Waals surface area contributed by atoms with Gasteiger partial charge in [0.1, 0.15) is 0 Å². The number of nitrogens with zero attached hydrogens (tertiary/aromatic N) is 1. The predicted octanol–water partition coefficient (Wildman–Crippen LogP) is 5.74. The molecule has 4 aromatic carbocycles. The van der Waals surface area contributed by atoms with Crippen LogP contribution in [0, 0.1) is 6.92 Å². The van der Waals surface area contributed by atoms with E-state index >= 15 is 0 Å². The lowest BCUT2D eigenvalue weighted by atomic mass is 10.1. The zero-order chi connectivity index (χ0) is 24.5. The zero-order valence-corrected chi connectivity index (χ0v) is 20.0. The Balaban J connectivity index is 1.43. The second-order valence-electron chi connectivity index (χ2n) is 8.67. The van der Waals surface area contributed by atoms with Crippen LogP contribution in [-0.2, 0) is 24.2 Å². The molecule has 0 aromatic heterocycles. The molecular formula is C31H30N2O2. The highest BCUT2D eigenvalue weighted by molar-refractivity contribution is 6.06. The first-order valence-corrected chi connectivity index (χ1v) is 11.9. The van der Waals surface area contributed by atoms with E-state index in [4.69, 9.17) is 0 Å². The van der Waals surface area contributed by atoms with Gasteiger partial charge < -0.3 is 10.2 Å². The van der Waals surface area contributed by atoms with Crippen molar-refractivity contribution in [2.75, 3.05) is 11.4 Å². The van der Waals surface area contributed by atoms with Gasteiger partial charge in [0.15, 0.2) is 0 Å². The van der Waals surface area contributed by atoms with E-state index in [0.29, 0.717) is 25.1 Å². The summed E-state index contributed by atoms with van der Waals surface area (Å²) in [6.45, 7) is 3.12. The number of benzene rings is 4. The number of hydrogen-bond donors (Lipinski definition) is 1. The number of nitrogens with one attached hydrogen (secondary N) is 1. The molecule has 0 aliphatic heterocycles. The lowest BCUT2D eigenvalue weighted by Gasteiger charge is -2.23. The normalized spacial score (nSPS) is 10.5. The SMILES string of the molecule is Cc1ccc(CN(C(=O)c2ccccc2)c2ccc(CC(=O)NCCc3ccccc3)cc2)cc1. The summed E-state index contributed by atoms with van der Waals surface area (Å²) in [5.74, 6) is -0.0665. The molecule has 35 heavy (non-hydrogen) atoms. The molecule has 4 heteroatoms. The van der Waals surface area contributed by atoms with Crippen LogP contribution in [-0.4, -0.2) is 18.4 Å². The van der Waals surface area contributed by atoms with Crippen LogP contribution in [0.3, 0.4) is 0 Å². The van der Waals surface area contributed by atoms with E-state index in [1.54, 1.807) is 4.90 Å². The second kappa shape index (κ2) is 11.8. The Labute approximate surface area is 207 Å². The summed E-state index contributed by atoms with van der Waals surface area (Å²) in [6, 6.07) is 35.3. The molecule has 1 N–H and O–H groups in total. The van der Waals surface area contributed by atoms with Crippen LogP contribution in [0.15, 0.2) is 109 Å². The van der Waals surface area contributed by atoms with Crippen molar-refractivity contribution in [1.82, 2.24) is 5.32 Å². The maximum absolute atomic E-state index is 13.4. The zero-order valence-electron chi connectivity index (χ0n) is 20.0. The van der Waals surface area contributed by atoms with Crippen LogP contribution in [0.4, 0.5) is 5.69 Å². The minimum absolute atomic E-state index is 0.00875. The summed E-state index contributed by atoms with van der Waals surface area (Å²) >= 11 is 0. The first kappa shape index (κ1) is 24.0. The average molecular weight is 463 g/mol. The quantitative estimate of drug-likeness (QED) is 0.345. The molecule has 0 spiro atoms. The number of anilines is 1. The van der Waals surface area contributed by atoms with Crippen LogP contribution in [0.25, 0.3) is 0 Å². The van der Waals surface area contributed by atoms with Crippen LogP contribution in [0.2, 0.25) is 0 Å². The molecule has 0 aliphatic carbocycles. The maximum atomic E-state index is 13.4. The van der Waals surface area contributed by atoms with Crippen molar-refractivity contribution in [3.8, 4) is 0 Å². The molecule has 0 atom stereocenters. The number of amides is 2. The smallest absolute Gasteiger partial charge is 0.258 e. The second-order valence-corrected chi connectivity index (χ2v) is 8.67. The standard InChI is InChI=1S/C31H30N2O2/c1-24-12-14-27(15-13-24)23-33(31(35)28-10-6-3-7-11-28)29-18-16-26(17-19-29)22-30(34)32-21-20-25-8-4-2-5-9-25/h2-19H,20-23H2,1H3,(H,32,34). The molecule has 0 unspecified atom stereocenters. The highest BCUT2D eigenvalue weighted by Gasteiger charge is 2.18. The number of carbonyl (C=O) groups excluding carboxylic acids is 2. The molecule has 4 aromatic rings. The molecule has 0 saturated carbocycles. The van der Waals surface area contributed by atoms with Crippen LogP contribution in [0.1, 0.15) is 32.6 Å². The molecule has 0 fully saturated rings. The molecule has 0 radical (unpaired) electrons. The maximum Gasteiger partial charge on any atom is 0.258 e. The van der Waals surface area contributed by atoms with Crippen LogP contribution >= 0.6 is 0 Å². The third-order valence-corrected chi connectivity index (χ3v) is 5.92. The largest absolute Gasteiger partial charge is 0.355 e. The molecule has 0 saturated heterocycles. The van der Waals surface area contributed by atoms with Crippen LogP contribution < -0.4 is 10.2 Å². The van der Waals surface area contributed by atoms with Crippen molar-refractivity contribution in [1.29, 1.82) is 0 Å². The summed E-state index contributed by atoms with van der Waals surface area (Å²) in [5.41, 5.74) is 5.79. The van der Waals surface area contributed by atoms with Crippen molar-refractivity contribution in [3.05, 3.63) is 137 Å². The highest BCUT2D eigenvalue weighted by Crippen LogP contribution is 2.22. The van der Waals surface area contributed by atoms with Crippen LogP contribution in [0.5, 0.6) is 0 Å². The predicted molar refractivity (Wildman–Crippen MR) is 141 cm³/mol. The summed E-state index contributed by atoms with van der Waals surface area (Å²) in [5, 5.41) is 2.99. The van der Waals surface area contributed by atoms with Gasteiger partial charge in [0.05, 0.1) is 13.0 Å². The number of aryl methyl sites for hydroxylation is 1. The molecule has 0 aliphatic rings. The van der Waals surface area contributed by atoms with Crippen molar-refractivity contribution in [3.63, 3.8) is 0 Å². The third-order valence-electron chi connectivity index (χ3n) is 5.92. The third kappa shape index (κ3) is 6.90. The van der Waals surface area contributed by atoms with E-state index in [0.717, 1.165) is 23.2 Å². The fourth-order valence-corrected chi connectivity index (χ4v) is 3.93. The monoisotopic (exact) mass is 462 g/mol. The number of hydrogen-bond acceptors (Lipinski definition) is 2. The average Bonchev–Trinajstić information content (AvgIpc) is 2.90. The van der Waals surface area contributed by atoms with Gasteiger partial charge in [0.2, 0.25) is 5.91 Å². The lowest BCUT2D eigenvalue weighted by Crippen LogP contribution is -2.30. The highest BCUT2D eigenvalue weighted by atomic mass is 16.2. The topological polar surface area (TPSA) is 49.4 Å². The van der Waals surface area contributed by atoms with Gasteiger partial charge in [-0.25, -0.2) is 0 Å². The summed E-state index contributed by atoms with van der Waals surface area (Å²) < 4.78 is 0. The van der Waals surface area contributed by atoms with Gasteiger partial charge in [-0.3, -0.25) is 9.59 Å². The first-order chi connectivity index (χ1) is 17.1. The van der Waals surface area contributed by atoms with Gasteiger partial charge >= 0.3 is 0 Å². The van der Waals surface area contributed by atoms with Crippen molar-refractivity contribution in [2.45, 2.75) is 26.3 Å². The van der Waals surface area contributed by atoms with Gasteiger partial charge in [-0.05, 0) is 54.3 Å². The minimum atomic E-state index is -0.0578. The van der Waals surface area contributed by atoms with E-state index < -0.39 is 0 Å². The van der Waals surface area contributed by atoms with E-state index in [2.05, 4.69) is 41.7 Å². The van der Waals surface area contributed by atoms with E-state index in [1.165, 1.54) is 11.1 Å². The molecule has 2 amide bonds. The fraction of sp³-hybridized carbons (Fsp3) is 0.161. The van der Waals surface area contributed by atoms with E-state index in [9.17, 15) is 9.59 Å². The molecule has 176 valence electrons. The lowest BCUT2D eigenvalue weighted by molar-refractivity contribution is -0.120. The molecule has 0 bridgehead atoms. The van der Waals surface area contributed by atoms with Crippen molar-refractivity contribution in [2.24, 2.45) is 0 Å². The Kier molecular flexibility index (Phi) is 8.08. The summed E-state index contributed by atoms with van der Waals surface area (Å²) in [6.07, 6.45) is 1.11. The molecule has 4 nitrogen and oxygen atoms in total. The van der Waals surface area contributed by atoms with Gasteiger partial charge in [0.25, 0.3) is 5.91 Å². The summed E-state index contributed by atoms with van der Waals surface area (Å²) in [7, 11) is 0. The Morgan fingerprint density at radius 1 is 0.686 bits per heavy atom.